The third kappa shape index (κ3) is 3.66. The Morgan fingerprint density at radius 3 is 2.73 bits per heavy atom. The van der Waals surface area contributed by atoms with Gasteiger partial charge >= 0.3 is 0 Å². The van der Waals surface area contributed by atoms with Crippen LogP contribution < -0.4 is 9.47 Å². The molecule has 0 radical (unpaired) electrons. The first-order chi connectivity index (χ1) is 12.6. The molecule has 136 valence electrons. The van der Waals surface area contributed by atoms with E-state index >= 15 is 0 Å². The number of rotatable bonds is 6. The smallest absolute Gasteiger partial charge is 0.186 e. The first kappa shape index (κ1) is 18.6. The normalized spacial score (nSPS) is 18.6. The lowest BCUT2D eigenvalue weighted by Crippen LogP contribution is -2.11. The zero-order valence-electron chi connectivity index (χ0n) is 14.7. The van der Waals surface area contributed by atoms with Crippen molar-refractivity contribution in [2.75, 3.05) is 13.7 Å². The number of hydrogen-bond acceptors (Lipinski definition) is 8. The van der Waals surface area contributed by atoms with E-state index in [2.05, 4.69) is 10.2 Å². The summed E-state index contributed by atoms with van der Waals surface area (Å²) in [7, 11) is 1.58. The lowest BCUT2D eigenvalue weighted by Gasteiger charge is -2.09. The number of Topliss-reactive ketones (excluding diaryl/α,β-unsaturated/α-hetero) is 1. The molecule has 0 saturated carbocycles. The minimum Gasteiger partial charge on any atom is -0.493 e. The molecule has 1 aromatic heterocycles. The zero-order valence-corrected chi connectivity index (χ0v) is 16.4. The molecule has 1 aliphatic rings. The summed E-state index contributed by atoms with van der Waals surface area (Å²) in [5.41, 5.74) is 0.820. The number of aryl methyl sites for hydroxylation is 1. The molecule has 1 N–H and O–H groups in total. The molecule has 1 aliphatic heterocycles. The lowest BCUT2D eigenvalue weighted by molar-refractivity contribution is -0.114. The molecule has 3 rings (SSSR count). The predicted molar refractivity (Wildman–Crippen MR) is 104 cm³/mol. The van der Waals surface area contributed by atoms with Gasteiger partial charge in [0, 0.05) is 0 Å². The van der Waals surface area contributed by atoms with Crippen LogP contribution in [0.25, 0.3) is 6.08 Å². The molecule has 1 atom stereocenters. The van der Waals surface area contributed by atoms with Crippen molar-refractivity contribution in [3.63, 3.8) is 0 Å². The number of carbonyl (C=O) groups is 1. The first-order valence-electron chi connectivity index (χ1n) is 8.22. The molecular weight excluding hydrogens is 370 g/mol. The topological polar surface area (TPSA) is 85.2 Å². The molecule has 26 heavy (non-hydrogen) atoms. The molecule has 2 aromatic rings. The highest BCUT2D eigenvalue weighted by molar-refractivity contribution is 8.19. The van der Waals surface area contributed by atoms with Crippen LogP contribution in [-0.4, -0.2) is 34.7 Å². The molecule has 1 saturated heterocycles. The van der Waals surface area contributed by atoms with Gasteiger partial charge in [0.1, 0.15) is 15.9 Å². The number of ketones is 1. The van der Waals surface area contributed by atoms with Gasteiger partial charge in [-0.3, -0.25) is 10.2 Å². The Balaban J connectivity index is 1.88. The largest absolute Gasteiger partial charge is 0.493 e. The number of carbonyl (C=O) groups excluding carboxylic acids is 1. The van der Waals surface area contributed by atoms with Crippen LogP contribution in [-0.2, 0) is 11.2 Å². The average molecular weight is 390 g/mol. The van der Waals surface area contributed by atoms with Gasteiger partial charge in [-0.1, -0.05) is 24.8 Å². The van der Waals surface area contributed by atoms with Crippen molar-refractivity contribution in [3.05, 3.63) is 38.7 Å². The van der Waals surface area contributed by atoms with Crippen LogP contribution in [0.4, 0.5) is 0 Å². The quantitative estimate of drug-likeness (QED) is 0.754. The Morgan fingerprint density at radius 2 is 2.08 bits per heavy atom. The van der Waals surface area contributed by atoms with Gasteiger partial charge < -0.3 is 9.47 Å². The summed E-state index contributed by atoms with van der Waals surface area (Å²) in [6.45, 7) is 4.45. The van der Waals surface area contributed by atoms with Crippen LogP contribution in [0, 0.1) is 5.41 Å². The number of thioether (sulfide) groups is 1. The summed E-state index contributed by atoms with van der Waals surface area (Å²) in [5.74, 6) is 0.536. The Morgan fingerprint density at radius 1 is 1.27 bits per heavy atom. The summed E-state index contributed by atoms with van der Waals surface area (Å²) >= 11 is 2.58. The molecule has 1 fully saturated rings. The molecule has 0 aliphatic carbocycles. The van der Waals surface area contributed by atoms with Gasteiger partial charge in [0.15, 0.2) is 17.3 Å². The van der Waals surface area contributed by atoms with Crippen molar-refractivity contribution in [2.24, 2.45) is 0 Å². The minimum atomic E-state index is -0.631. The zero-order chi connectivity index (χ0) is 18.7. The van der Waals surface area contributed by atoms with Crippen molar-refractivity contribution in [1.29, 1.82) is 5.41 Å². The van der Waals surface area contributed by atoms with Gasteiger partial charge in [0.05, 0.1) is 23.7 Å². The fourth-order valence-electron chi connectivity index (χ4n) is 2.54. The molecule has 0 amide bonds. The van der Waals surface area contributed by atoms with Gasteiger partial charge in [-0.15, -0.1) is 21.5 Å². The fraction of sp³-hybridized carbons (Fsp3) is 0.333. The maximum atomic E-state index is 12.8. The van der Waals surface area contributed by atoms with Gasteiger partial charge in [0.2, 0.25) is 0 Å². The fourth-order valence-corrected chi connectivity index (χ4v) is 4.49. The van der Waals surface area contributed by atoms with E-state index in [1.165, 1.54) is 23.1 Å². The summed E-state index contributed by atoms with van der Waals surface area (Å²) in [6.07, 6.45) is 2.55. The van der Waals surface area contributed by atoms with Crippen molar-refractivity contribution >= 4 is 40.0 Å². The number of aromatic nitrogens is 2. The maximum absolute atomic E-state index is 12.8. The second kappa shape index (κ2) is 8.01. The summed E-state index contributed by atoms with van der Waals surface area (Å²) in [5, 5.41) is 18.1. The van der Waals surface area contributed by atoms with Crippen molar-refractivity contribution < 1.29 is 14.3 Å². The Bertz CT molecular complexity index is 876. The highest BCUT2D eigenvalue weighted by atomic mass is 32.2. The van der Waals surface area contributed by atoms with E-state index < -0.39 is 5.92 Å². The molecule has 6 nitrogen and oxygen atoms in total. The molecule has 0 bridgehead atoms. The van der Waals surface area contributed by atoms with Crippen LogP contribution in [0.1, 0.15) is 35.3 Å². The van der Waals surface area contributed by atoms with E-state index in [0.717, 1.165) is 17.0 Å². The van der Waals surface area contributed by atoms with E-state index in [1.807, 2.05) is 32.0 Å². The molecule has 8 heteroatoms. The van der Waals surface area contributed by atoms with Crippen LogP contribution in [0.5, 0.6) is 11.5 Å². The number of benzene rings is 1. The summed E-state index contributed by atoms with van der Waals surface area (Å²) in [6, 6.07) is 5.51. The second-order valence-electron chi connectivity index (χ2n) is 5.50. The highest BCUT2D eigenvalue weighted by Crippen LogP contribution is 2.42. The summed E-state index contributed by atoms with van der Waals surface area (Å²) < 4.78 is 10.9. The van der Waals surface area contributed by atoms with Gasteiger partial charge in [-0.2, -0.15) is 0 Å². The first-order valence-corrected chi connectivity index (χ1v) is 9.86. The Labute approximate surface area is 160 Å². The van der Waals surface area contributed by atoms with Crippen LogP contribution >= 0.6 is 23.1 Å². The van der Waals surface area contributed by atoms with Crippen molar-refractivity contribution in [3.8, 4) is 11.5 Å². The number of methoxy groups -OCH3 is 1. The standard InChI is InChI=1S/C18H19N3O3S2/c1-4-14-20-21-18(26-14)15-16(22)13(25-17(15)19)9-10-6-7-11(24-5-2)12(8-10)23-3/h6-9,15,19H,4-5H2,1-3H3/b13-9-,19-17?/t15-/m0/s1. The predicted octanol–water partition coefficient (Wildman–Crippen LogP) is 3.93. The second-order valence-corrected chi connectivity index (χ2v) is 7.68. The maximum Gasteiger partial charge on any atom is 0.186 e. The monoisotopic (exact) mass is 389 g/mol. The van der Waals surface area contributed by atoms with Crippen LogP contribution in [0.2, 0.25) is 0 Å². The third-order valence-electron chi connectivity index (χ3n) is 3.80. The Kier molecular flexibility index (Phi) is 5.73. The molecule has 0 spiro atoms. The lowest BCUT2D eigenvalue weighted by atomic mass is 10.1. The molecular formula is C18H19N3O3S2. The third-order valence-corrected chi connectivity index (χ3v) is 5.93. The van der Waals surface area contributed by atoms with Gasteiger partial charge in [-0.25, -0.2) is 0 Å². The molecule has 1 aromatic carbocycles. The van der Waals surface area contributed by atoms with Crippen LogP contribution in [0.15, 0.2) is 23.1 Å². The Hall–Kier alpha value is -2.19. The number of nitrogens with zero attached hydrogens (tertiary/aromatic N) is 2. The van der Waals surface area contributed by atoms with Crippen molar-refractivity contribution in [2.45, 2.75) is 26.2 Å². The van der Waals surface area contributed by atoms with E-state index in [9.17, 15) is 4.79 Å². The minimum absolute atomic E-state index is 0.105. The SMILES string of the molecule is CCOc1ccc(/C=C2\SC(=N)[C@@H](c3nnc(CC)s3)C2=O)cc1OC. The highest BCUT2D eigenvalue weighted by Gasteiger charge is 2.39. The average Bonchev–Trinajstić information content (AvgIpc) is 3.21. The van der Waals surface area contributed by atoms with Gasteiger partial charge in [0.25, 0.3) is 0 Å². The molecule has 0 unspecified atom stereocenters. The van der Waals surface area contributed by atoms with E-state index in [-0.39, 0.29) is 10.8 Å². The molecule has 2 heterocycles. The number of ether oxygens (including phenoxy) is 2. The van der Waals surface area contributed by atoms with E-state index in [4.69, 9.17) is 14.9 Å². The number of allylic oxidation sites excluding steroid dienone is 1. The van der Waals surface area contributed by atoms with Crippen LogP contribution in [0.3, 0.4) is 0 Å². The number of hydrogen-bond donors (Lipinski definition) is 1. The summed E-state index contributed by atoms with van der Waals surface area (Å²) in [4.78, 5) is 13.3. The van der Waals surface area contributed by atoms with Crippen molar-refractivity contribution in [1.82, 2.24) is 10.2 Å². The van der Waals surface area contributed by atoms with E-state index in [1.54, 1.807) is 13.2 Å². The van der Waals surface area contributed by atoms with E-state index in [0.29, 0.717) is 28.0 Å². The van der Waals surface area contributed by atoms with Gasteiger partial charge in [-0.05, 0) is 37.1 Å². The number of nitrogens with one attached hydrogen (secondary N) is 1.